The highest BCUT2D eigenvalue weighted by Gasteiger charge is 2.44. The number of hydrogen-bond donors (Lipinski definition) is 5. The maximum atomic E-state index is 15.3. The number of carbonyl (C=O) groups is 10. The molecule has 24 heteroatoms. The molecule has 5 atom stereocenters. The van der Waals surface area contributed by atoms with E-state index in [2.05, 4.69) is 99.4 Å². The molecule has 141 heavy (non-hydrogen) atoms. The van der Waals surface area contributed by atoms with Crippen molar-refractivity contribution in [2.24, 2.45) is 5.92 Å². The van der Waals surface area contributed by atoms with E-state index >= 15 is 9.59 Å². The summed E-state index contributed by atoms with van der Waals surface area (Å²) >= 11 is 0. The van der Waals surface area contributed by atoms with Crippen LogP contribution >= 0.6 is 0 Å². The molecule has 6 amide bonds. The Balaban J connectivity index is 0.588. The molecule has 11 aromatic carbocycles. The molecule has 16 rings (SSSR count). The molecule has 1 aliphatic heterocycles. The summed E-state index contributed by atoms with van der Waals surface area (Å²) in [5.74, 6) is -3.18. The van der Waals surface area contributed by atoms with Crippen molar-refractivity contribution in [1.82, 2.24) is 31.5 Å². The number of methoxy groups -OCH3 is 2. The lowest BCUT2D eigenvalue weighted by Crippen LogP contribution is -2.47. The first kappa shape index (κ1) is 99.5. The number of fused-ring (bicyclic) bond motifs is 12. The van der Waals surface area contributed by atoms with E-state index in [0.29, 0.717) is 75.7 Å². The summed E-state index contributed by atoms with van der Waals surface area (Å²) in [6.07, 6.45) is 2.18. The van der Waals surface area contributed by atoms with Gasteiger partial charge in [0.2, 0.25) is 17.7 Å². The lowest BCUT2D eigenvalue weighted by atomic mass is 9.80. The average Bonchev–Trinajstić information content (AvgIpc) is 1.75. The summed E-state index contributed by atoms with van der Waals surface area (Å²) in [5.41, 5.74) is 18.3. The van der Waals surface area contributed by atoms with Crippen LogP contribution in [0.5, 0.6) is 11.5 Å². The number of ether oxygens (including phenoxy) is 8. The van der Waals surface area contributed by atoms with E-state index < -0.39 is 77.8 Å². The van der Waals surface area contributed by atoms with E-state index in [4.69, 9.17) is 37.9 Å². The number of Topliss-reactive ketones (excluding diaryl/α,β-unsaturated/α-hetero) is 2. The number of hydrogen-bond acceptors (Lipinski definition) is 18. The van der Waals surface area contributed by atoms with Crippen molar-refractivity contribution in [3.63, 3.8) is 0 Å². The zero-order valence-corrected chi connectivity index (χ0v) is 80.3. The van der Waals surface area contributed by atoms with Gasteiger partial charge in [-0.25, -0.2) is 14.4 Å². The average molecular weight is 1900 g/mol. The molecule has 0 radical (unpaired) electrons. The van der Waals surface area contributed by atoms with Crippen molar-refractivity contribution in [3.05, 3.63) is 334 Å². The molecule has 730 valence electrons. The minimum absolute atomic E-state index is 0.0127. The molecule has 0 saturated carbocycles. The number of rotatable bonds is 49. The SMILES string of the molecule is COc1ccc(C(OCC2CC(OC(=O)CCC(C)=O)CN2C(=O)CCCCCCC(=O)C(CCCCNC(=O)C(CCCCNC(=O)OCC2c3ccccc3-c3ccccc32)NC(=O)OCC2c3ccccc3-c3ccccc32)NC(=O)C(CCCCNC(=O)OCC2c3ccccc3-c3ccccc32)CC(=O)OCC2c3ccccc3-c3ccccc32)(c2ccccc2)c2ccc(OC)cc2)cc1. The molecule has 0 bridgehead atoms. The third kappa shape index (κ3) is 24.5. The molecular formula is C117H124N6O18. The number of ketones is 2. The van der Waals surface area contributed by atoms with Gasteiger partial charge in [-0.15, -0.1) is 0 Å². The van der Waals surface area contributed by atoms with E-state index in [-0.39, 0.29) is 158 Å². The van der Waals surface area contributed by atoms with Crippen molar-refractivity contribution in [2.45, 2.75) is 182 Å². The number of carbonyl (C=O) groups excluding carboxylic acids is 10. The third-order valence-electron chi connectivity index (χ3n) is 28.1. The molecule has 11 aromatic rings. The van der Waals surface area contributed by atoms with Crippen molar-refractivity contribution < 1.29 is 85.8 Å². The summed E-state index contributed by atoms with van der Waals surface area (Å²) in [7, 11) is 3.20. The monoisotopic (exact) mass is 1900 g/mol. The van der Waals surface area contributed by atoms with Crippen LogP contribution < -0.4 is 36.1 Å². The third-order valence-corrected chi connectivity index (χ3v) is 28.1. The van der Waals surface area contributed by atoms with Crippen LogP contribution in [-0.2, 0) is 67.6 Å². The minimum atomic E-state index is -1.23. The van der Waals surface area contributed by atoms with E-state index in [1.165, 1.54) is 6.92 Å². The Bertz CT molecular complexity index is 5990. The lowest BCUT2D eigenvalue weighted by Gasteiger charge is -2.38. The van der Waals surface area contributed by atoms with Crippen molar-refractivity contribution in [2.75, 3.05) is 73.4 Å². The molecular weight excluding hydrogens is 1780 g/mol. The fourth-order valence-corrected chi connectivity index (χ4v) is 20.8. The largest absolute Gasteiger partial charge is 0.497 e. The molecule has 1 saturated heterocycles. The number of esters is 2. The number of alkyl carbamates (subject to hydrolysis) is 3. The second-order valence-corrected chi connectivity index (χ2v) is 37.1. The highest BCUT2D eigenvalue weighted by Crippen LogP contribution is 2.50. The second kappa shape index (κ2) is 48.4. The van der Waals surface area contributed by atoms with Gasteiger partial charge in [-0.2, -0.15) is 0 Å². The number of likely N-dealkylation sites (tertiary alicyclic amines) is 1. The van der Waals surface area contributed by atoms with Crippen LogP contribution in [0.2, 0.25) is 0 Å². The van der Waals surface area contributed by atoms with E-state index in [1.54, 1.807) is 19.1 Å². The fraction of sp³-hybridized carbons (Fsp3) is 0.350. The quantitative estimate of drug-likeness (QED) is 0.0102. The van der Waals surface area contributed by atoms with Crippen LogP contribution in [0.3, 0.4) is 0 Å². The first-order valence-corrected chi connectivity index (χ1v) is 49.6. The lowest BCUT2D eigenvalue weighted by molar-refractivity contribution is -0.150. The van der Waals surface area contributed by atoms with Crippen LogP contribution in [0.25, 0.3) is 44.5 Å². The van der Waals surface area contributed by atoms with Crippen LogP contribution in [0.15, 0.2) is 273 Å². The van der Waals surface area contributed by atoms with Crippen molar-refractivity contribution >= 4 is 59.5 Å². The topological polar surface area (TPSA) is 308 Å². The smallest absolute Gasteiger partial charge is 0.407 e. The number of nitrogens with zero attached hydrogens (tertiary/aromatic N) is 1. The van der Waals surface area contributed by atoms with Gasteiger partial charge in [0.05, 0.1) is 52.3 Å². The van der Waals surface area contributed by atoms with Gasteiger partial charge in [0.25, 0.3) is 0 Å². The standard InChI is InChI=1S/C117H124N6O18/c1-77(124)56-65-110(127)141-85-70-82(72-140-117(79-34-7-6-8-35-79,80-57-61-83(134-2)62-58-80)81-59-63-84(135-3)64-60-81)123(71-85)109(126)55-10-5-4-9-54-108(125)106(121-112(129)78(69-111(128)136-73-102-94-44-19-11-36-86(94)87-37-12-20-45-95(87)102)33-27-30-67-119-114(131)137-74-103-96-46-21-13-38-88(96)89-39-14-22-47-97(89)103)52-28-31-66-118-113(130)107(122-116(133)139-76-105-100-50-25-17-42-92(100)93-43-18-26-51-101(93)105)53-29-32-68-120-115(132)138-75-104-98-48-23-15-40-90(98)91-41-16-24-49-99(91)104/h6-8,11-26,34-51,57-64,78,82,85,102-107H,4-5,9-10,27-33,52-56,65-76H2,1-3H3,(H,118,130)(H,119,131)(H,120,132)(H,121,129)(H,122,133). The molecule has 5 N–H and O–H groups in total. The van der Waals surface area contributed by atoms with Gasteiger partial charge in [0.1, 0.15) is 61.5 Å². The van der Waals surface area contributed by atoms with Gasteiger partial charge in [-0.1, -0.05) is 268 Å². The summed E-state index contributed by atoms with van der Waals surface area (Å²) < 4.78 is 48.4. The summed E-state index contributed by atoms with van der Waals surface area (Å²) in [4.78, 5) is 142. The fourth-order valence-electron chi connectivity index (χ4n) is 20.8. The van der Waals surface area contributed by atoms with Crippen molar-refractivity contribution in [3.8, 4) is 56.0 Å². The maximum absolute atomic E-state index is 15.3. The summed E-state index contributed by atoms with van der Waals surface area (Å²) in [5, 5.41) is 14.8. The van der Waals surface area contributed by atoms with Gasteiger partial charge >= 0.3 is 30.2 Å². The maximum Gasteiger partial charge on any atom is 0.407 e. The van der Waals surface area contributed by atoms with Crippen LogP contribution in [0.1, 0.15) is 214 Å². The van der Waals surface area contributed by atoms with Crippen LogP contribution in [0.4, 0.5) is 14.4 Å². The van der Waals surface area contributed by atoms with Gasteiger partial charge < -0.3 is 74.2 Å². The molecule has 0 aromatic heterocycles. The molecule has 1 heterocycles. The first-order chi connectivity index (χ1) is 68.9. The molecule has 1 fully saturated rings. The number of unbranched alkanes of at least 4 members (excludes halogenated alkanes) is 6. The van der Waals surface area contributed by atoms with E-state index in [0.717, 1.165) is 106 Å². The Hall–Kier alpha value is -14.5. The van der Waals surface area contributed by atoms with Gasteiger partial charge in [0.15, 0.2) is 5.78 Å². The number of nitrogens with one attached hydrogen (secondary N) is 5. The van der Waals surface area contributed by atoms with Gasteiger partial charge in [-0.3, -0.25) is 28.8 Å². The Morgan fingerprint density at radius 3 is 1.15 bits per heavy atom. The molecule has 24 nitrogen and oxygen atoms in total. The summed E-state index contributed by atoms with van der Waals surface area (Å²) in [6.45, 7) is 2.40. The highest BCUT2D eigenvalue weighted by molar-refractivity contribution is 5.92. The Kier molecular flexibility index (Phi) is 34.1. The predicted octanol–water partition coefficient (Wildman–Crippen LogP) is 20.3. The zero-order chi connectivity index (χ0) is 98.0. The summed E-state index contributed by atoms with van der Waals surface area (Å²) in [6, 6.07) is 87.0. The molecule has 5 aliphatic rings. The normalized spacial score (nSPS) is 14.8. The van der Waals surface area contributed by atoms with Gasteiger partial charge in [-0.05, 0) is 201 Å². The second-order valence-electron chi connectivity index (χ2n) is 37.1. The van der Waals surface area contributed by atoms with Crippen LogP contribution in [-0.4, -0.2) is 162 Å². The van der Waals surface area contributed by atoms with Crippen LogP contribution in [0, 0.1) is 5.92 Å². The van der Waals surface area contributed by atoms with E-state index in [1.807, 2.05) is 200 Å². The van der Waals surface area contributed by atoms with Crippen molar-refractivity contribution in [1.29, 1.82) is 0 Å². The predicted molar refractivity (Wildman–Crippen MR) is 538 cm³/mol. The van der Waals surface area contributed by atoms with Gasteiger partial charge in [0, 0.05) is 74.9 Å². The van der Waals surface area contributed by atoms with E-state index in [9.17, 15) is 38.4 Å². The Morgan fingerprint density at radius 1 is 0.348 bits per heavy atom. The number of amides is 6. The molecule has 5 unspecified atom stereocenters. The Labute approximate surface area is 824 Å². The Morgan fingerprint density at radius 2 is 0.723 bits per heavy atom. The molecule has 0 spiro atoms. The number of benzene rings is 11. The minimum Gasteiger partial charge on any atom is -0.497 e. The zero-order valence-electron chi connectivity index (χ0n) is 80.3. The molecule has 4 aliphatic carbocycles. The first-order valence-electron chi connectivity index (χ1n) is 49.6. The highest BCUT2D eigenvalue weighted by atomic mass is 16.6.